The molecule has 0 saturated carbocycles. The van der Waals surface area contributed by atoms with Gasteiger partial charge in [-0.1, -0.05) is 47.1 Å². The molecule has 0 bridgehead atoms. The van der Waals surface area contributed by atoms with Crippen LogP contribution in [0.1, 0.15) is 92.1 Å². The molecule has 7 nitrogen and oxygen atoms in total. The second kappa shape index (κ2) is 17.6. The van der Waals surface area contributed by atoms with E-state index in [0.717, 1.165) is 0 Å². The number of alkyl carbamates (subject to hydrolysis) is 1. The van der Waals surface area contributed by atoms with Gasteiger partial charge in [-0.2, -0.15) is 0 Å². The number of allylic oxidation sites excluding steroid dienone is 1. The summed E-state index contributed by atoms with van der Waals surface area (Å²) in [5.41, 5.74) is -1.12. The Morgan fingerprint density at radius 2 is 1.94 bits per heavy atom. The van der Waals surface area contributed by atoms with Crippen molar-refractivity contribution >= 4 is 23.2 Å². The fourth-order valence-electron chi connectivity index (χ4n) is 2.80. The average molecular weight is 494 g/mol. The predicted octanol–water partition coefficient (Wildman–Crippen LogP) is 6.73. The topological polar surface area (TPSA) is 106 Å². The highest BCUT2D eigenvalue weighted by molar-refractivity contribution is 7.11. The summed E-state index contributed by atoms with van der Waals surface area (Å²) in [7, 11) is 1.27. The van der Waals surface area contributed by atoms with Crippen molar-refractivity contribution in [1.82, 2.24) is 5.32 Å². The zero-order valence-electron chi connectivity index (χ0n) is 21.4. The molecule has 1 unspecified atom stereocenters. The highest BCUT2D eigenvalue weighted by Crippen LogP contribution is 2.25. The van der Waals surface area contributed by atoms with Crippen molar-refractivity contribution in [3.63, 3.8) is 0 Å². The minimum absolute atomic E-state index is 0.116. The molecule has 0 aromatic carbocycles. The average Bonchev–Trinajstić information content (AvgIpc) is 3.24. The molecule has 0 radical (unpaired) electrons. The Balaban J connectivity index is 0.000000819. The highest BCUT2D eigenvalue weighted by Gasteiger charge is 2.19. The summed E-state index contributed by atoms with van der Waals surface area (Å²) in [5.74, 6) is -0.623. The second-order valence-electron chi connectivity index (χ2n) is 7.25. The van der Waals surface area contributed by atoms with Gasteiger partial charge in [-0.05, 0) is 38.3 Å². The third-order valence-corrected chi connectivity index (χ3v) is 5.66. The van der Waals surface area contributed by atoms with E-state index in [9.17, 15) is 19.5 Å². The summed E-state index contributed by atoms with van der Waals surface area (Å²) in [6.07, 6.45) is 6.52. The molecule has 190 valence electrons. The minimum atomic E-state index is -0.818. The van der Waals surface area contributed by atoms with Crippen LogP contribution >= 0.6 is 11.3 Å². The van der Waals surface area contributed by atoms with Gasteiger partial charge in [0.1, 0.15) is 17.1 Å². The number of ketones is 1. The molecule has 0 aliphatic heterocycles. The van der Waals surface area contributed by atoms with Crippen LogP contribution in [0.5, 0.6) is 5.75 Å². The van der Waals surface area contributed by atoms with E-state index < -0.39 is 17.5 Å². The van der Waals surface area contributed by atoms with Gasteiger partial charge in [0.05, 0.1) is 7.11 Å². The molecule has 2 N–H and O–H groups in total. The molecule has 2 aromatic rings. The molecule has 0 aliphatic rings. The van der Waals surface area contributed by atoms with E-state index in [1.54, 1.807) is 13.0 Å². The van der Waals surface area contributed by atoms with Gasteiger partial charge in [0.25, 0.3) is 0 Å². The van der Waals surface area contributed by atoms with Gasteiger partial charge in [0.15, 0.2) is 5.78 Å². The number of hydrogen-bond acceptors (Lipinski definition) is 7. The van der Waals surface area contributed by atoms with Crippen molar-refractivity contribution in [1.29, 1.82) is 0 Å². The van der Waals surface area contributed by atoms with Gasteiger partial charge in [0, 0.05) is 34.4 Å². The van der Waals surface area contributed by atoms with Crippen molar-refractivity contribution in [3.8, 4) is 5.75 Å². The Bertz CT molecular complexity index is 960. The van der Waals surface area contributed by atoms with Gasteiger partial charge in [-0.15, -0.1) is 11.3 Å². The van der Waals surface area contributed by atoms with Crippen LogP contribution in [0.15, 0.2) is 39.7 Å². The summed E-state index contributed by atoms with van der Waals surface area (Å²) in [6, 6.07) is 5.73. The smallest absolute Gasteiger partial charge is 0.410 e. The van der Waals surface area contributed by atoms with Crippen LogP contribution in [-0.4, -0.2) is 24.1 Å². The van der Waals surface area contributed by atoms with Crippen molar-refractivity contribution < 1.29 is 23.8 Å². The van der Waals surface area contributed by atoms with Gasteiger partial charge in [-0.25, -0.2) is 9.59 Å². The van der Waals surface area contributed by atoms with Crippen LogP contribution in [-0.2, 0) is 11.2 Å². The lowest BCUT2D eigenvalue weighted by atomic mass is 10.0. The number of nitrogens with one attached hydrogen (secondary N) is 1. The largest absolute Gasteiger partial charge is 0.507 e. The lowest BCUT2D eigenvalue weighted by Crippen LogP contribution is -2.16. The highest BCUT2D eigenvalue weighted by atomic mass is 32.1. The van der Waals surface area contributed by atoms with Gasteiger partial charge in [-0.3, -0.25) is 10.1 Å². The number of thiophene rings is 1. The number of carbonyl (C=O) groups excluding carboxylic acids is 2. The van der Waals surface area contributed by atoms with E-state index >= 15 is 0 Å². The number of carbonyl (C=O) groups is 2. The lowest BCUT2D eigenvalue weighted by Gasteiger charge is -2.10. The second-order valence-corrected chi connectivity index (χ2v) is 8.62. The van der Waals surface area contributed by atoms with E-state index in [-0.39, 0.29) is 23.7 Å². The molecule has 0 saturated heterocycles. The van der Waals surface area contributed by atoms with Gasteiger partial charge < -0.3 is 14.3 Å². The van der Waals surface area contributed by atoms with Crippen LogP contribution in [0, 0.1) is 6.92 Å². The minimum Gasteiger partial charge on any atom is -0.507 e. The van der Waals surface area contributed by atoms with Crippen LogP contribution in [0.2, 0.25) is 0 Å². The molecule has 2 aromatic heterocycles. The first kappa shape index (κ1) is 31.1. The van der Waals surface area contributed by atoms with E-state index in [1.165, 1.54) is 42.0 Å². The molecule has 8 heteroatoms. The van der Waals surface area contributed by atoms with Crippen LogP contribution in [0.4, 0.5) is 4.79 Å². The Hall–Kier alpha value is -2.87. The summed E-state index contributed by atoms with van der Waals surface area (Å²) in [4.78, 5) is 37.2. The molecule has 0 fully saturated rings. The van der Waals surface area contributed by atoms with E-state index in [2.05, 4.69) is 36.0 Å². The molecule has 1 atom stereocenters. The Labute approximate surface area is 206 Å². The predicted molar refractivity (Wildman–Crippen MR) is 138 cm³/mol. The first-order chi connectivity index (χ1) is 16.2. The van der Waals surface area contributed by atoms with Crippen molar-refractivity contribution in [2.24, 2.45) is 0 Å². The Morgan fingerprint density at radius 1 is 1.26 bits per heavy atom. The molecule has 2 heterocycles. The zero-order valence-corrected chi connectivity index (χ0v) is 22.2. The van der Waals surface area contributed by atoms with Gasteiger partial charge >= 0.3 is 11.7 Å². The zero-order chi connectivity index (χ0) is 26.1. The molecular formula is C26H39NO6S. The molecule has 34 heavy (non-hydrogen) atoms. The van der Waals surface area contributed by atoms with Crippen LogP contribution in [0.25, 0.3) is 0 Å². The fraction of sp³-hybridized carbons (Fsp3) is 0.500. The number of amides is 1. The molecule has 1 amide bonds. The van der Waals surface area contributed by atoms with Crippen molar-refractivity contribution in [2.45, 2.75) is 79.6 Å². The van der Waals surface area contributed by atoms with E-state index in [0.29, 0.717) is 18.6 Å². The van der Waals surface area contributed by atoms with Crippen molar-refractivity contribution in [2.75, 3.05) is 7.11 Å². The summed E-state index contributed by atoms with van der Waals surface area (Å²) in [5, 5.41) is 12.3. The number of ether oxygens (including phenoxy) is 1. The van der Waals surface area contributed by atoms with Crippen LogP contribution < -0.4 is 10.9 Å². The van der Waals surface area contributed by atoms with Gasteiger partial charge in [0.2, 0.25) is 0 Å². The quantitative estimate of drug-likeness (QED) is 0.375. The maximum Gasteiger partial charge on any atom is 0.410 e. The maximum atomic E-state index is 11.8. The normalized spacial score (nSPS) is 11.0. The third-order valence-electron chi connectivity index (χ3n) is 4.60. The van der Waals surface area contributed by atoms with Crippen LogP contribution in [0.3, 0.4) is 0 Å². The van der Waals surface area contributed by atoms with E-state index in [1.807, 2.05) is 32.1 Å². The number of aromatic hydroxyl groups is 1. The maximum absolute atomic E-state index is 11.8. The summed E-state index contributed by atoms with van der Waals surface area (Å²) in [6.45, 7) is 11.8. The monoisotopic (exact) mass is 493 g/mol. The molecule has 0 spiro atoms. The van der Waals surface area contributed by atoms with E-state index in [4.69, 9.17) is 4.42 Å². The number of aryl methyl sites for hydroxylation is 2. The third kappa shape index (κ3) is 11.3. The number of Topliss-reactive ketones (excluding diaryl/α,β-unsaturated/α-hetero) is 1. The van der Waals surface area contributed by atoms with Crippen molar-refractivity contribution in [3.05, 3.63) is 62.0 Å². The number of methoxy groups -OCH3 is 1. The summed E-state index contributed by atoms with van der Waals surface area (Å²) >= 11 is 1.91. The first-order valence-electron chi connectivity index (χ1n) is 11.7. The molecular weight excluding hydrogens is 454 g/mol. The Morgan fingerprint density at radius 3 is 2.44 bits per heavy atom. The SMILES string of the molecule is CC.CCC(=O)c1c(O)cc(C(C)CC/C=C/NC(=O)OC)oc1=O.CCCc1ccc(C)s1. The Kier molecular flexibility index (Phi) is 16.1. The molecule has 2 rings (SSSR count). The number of hydrogen-bond donors (Lipinski definition) is 2. The standard InChI is InChI=1S/C16H21NO6.C8H12S.C2H6/c1-4-11(18)14-12(19)9-13(23-15(14)20)10(2)7-5-6-8-17-16(21)22-3;1-3-4-8-6-5-7(2)9-8;1-2/h6,8-10,19H,4-5,7H2,1-3H3,(H,17,21);5-6H,3-4H2,1-2H3;1-2H3/b8-6+;;. The summed E-state index contributed by atoms with van der Waals surface area (Å²) < 4.78 is 9.54. The molecule has 0 aliphatic carbocycles. The lowest BCUT2D eigenvalue weighted by molar-refractivity contribution is 0.0980. The first-order valence-corrected chi connectivity index (χ1v) is 12.5. The number of rotatable bonds is 9. The fourth-order valence-corrected chi connectivity index (χ4v) is 3.79.